The second-order valence-electron chi connectivity index (χ2n) is 7.68. The molecule has 5 rings (SSSR count). The van der Waals surface area contributed by atoms with Crippen molar-refractivity contribution in [2.24, 2.45) is 0 Å². The number of pyridine rings is 2. The minimum Gasteiger partial charge on any atom is -0.321 e. The van der Waals surface area contributed by atoms with Crippen molar-refractivity contribution in [1.82, 2.24) is 29.3 Å². The van der Waals surface area contributed by atoms with Crippen LogP contribution < -0.4 is 5.32 Å². The van der Waals surface area contributed by atoms with Gasteiger partial charge in [-0.05, 0) is 51.1 Å². The minimum atomic E-state index is -0.230. The summed E-state index contributed by atoms with van der Waals surface area (Å²) in [6.07, 6.45) is 5.12. The maximum atomic E-state index is 12.9. The van der Waals surface area contributed by atoms with Crippen LogP contribution in [0.25, 0.3) is 27.9 Å². The minimum absolute atomic E-state index is 0.196. The van der Waals surface area contributed by atoms with Gasteiger partial charge in [0, 0.05) is 11.4 Å². The highest BCUT2D eigenvalue weighted by Crippen LogP contribution is 2.21. The average molecular weight is 411 g/mol. The number of anilines is 1. The van der Waals surface area contributed by atoms with Gasteiger partial charge in [-0.15, -0.1) is 0 Å². The van der Waals surface area contributed by atoms with Gasteiger partial charge in [0.2, 0.25) is 0 Å². The van der Waals surface area contributed by atoms with Gasteiger partial charge >= 0.3 is 0 Å². The first-order valence-electron chi connectivity index (χ1n) is 10.1. The molecule has 0 saturated heterocycles. The molecular weight excluding hydrogens is 390 g/mol. The molecule has 4 aromatic heterocycles. The molecule has 31 heavy (non-hydrogen) atoms. The predicted molar refractivity (Wildman–Crippen MR) is 119 cm³/mol. The summed E-state index contributed by atoms with van der Waals surface area (Å²) in [6.45, 7) is 5.93. The van der Waals surface area contributed by atoms with E-state index in [0.717, 1.165) is 27.9 Å². The molecule has 0 radical (unpaired) electrons. The highest BCUT2D eigenvalue weighted by atomic mass is 16.1. The number of carbonyl (C=O) groups is 1. The largest absolute Gasteiger partial charge is 0.321 e. The molecule has 0 aliphatic carbocycles. The Morgan fingerprint density at radius 3 is 2.68 bits per heavy atom. The summed E-state index contributed by atoms with van der Waals surface area (Å²) in [5, 5.41) is 8.13. The number of amides is 1. The van der Waals surface area contributed by atoms with E-state index >= 15 is 0 Å². The Morgan fingerprint density at radius 2 is 1.90 bits per heavy atom. The number of hydrogen-bond donors (Lipinski definition) is 1. The first-order chi connectivity index (χ1) is 15.0. The van der Waals surface area contributed by atoms with Crippen molar-refractivity contribution in [1.29, 1.82) is 0 Å². The normalized spacial score (nSPS) is 11.5. The molecule has 154 valence electrons. The standard InChI is InChI=1S/C23H21N7O/c1-14(2)30-22-16(11-26-30)10-18(15(3)27-22)23(31)28-17-8-9-21(24-12-17)29-13-25-19-6-4-5-7-20(19)29/h4-14H,1-3H3,(H,28,31). The van der Waals surface area contributed by atoms with Crippen LogP contribution in [0.15, 0.2) is 61.2 Å². The van der Waals surface area contributed by atoms with E-state index in [4.69, 9.17) is 0 Å². The Hall–Kier alpha value is -4.07. The molecule has 5 aromatic rings. The van der Waals surface area contributed by atoms with Crippen LogP contribution in [-0.2, 0) is 0 Å². The van der Waals surface area contributed by atoms with Gasteiger partial charge in [0.15, 0.2) is 5.65 Å². The Labute approximate surface area is 178 Å². The maximum Gasteiger partial charge on any atom is 0.257 e. The molecule has 0 fully saturated rings. The van der Waals surface area contributed by atoms with Gasteiger partial charge in [-0.3, -0.25) is 9.36 Å². The van der Waals surface area contributed by atoms with Crippen molar-refractivity contribution >= 4 is 33.7 Å². The van der Waals surface area contributed by atoms with E-state index in [2.05, 4.69) is 25.4 Å². The third-order valence-electron chi connectivity index (χ3n) is 5.20. The molecule has 4 heterocycles. The summed E-state index contributed by atoms with van der Waals surface area (Å²) < 4.78 is 3.77. The zero-order chi connectivity index (χ0) is 21.5. The zero-order valence-corrected chi connectivity index (χ0v) is 17.4. The van der Waals surface area contributed by atoms with Crippen LogP contribution in [0.1, 0.15) is 35.9 Å². The molecule has 1 N–H and O–H groups in total. The van der Waals surface area contributed by atoms with E-state index in [1.807, 2.05) is 72.5 Å². The van der Waals surface area contributed by atoms with Crippen LogP contribution in [0.5, 0.6) is 0 Å². The monoisotopic (exact) mass is 411 g/mol. The number of para-hydroxylation sites is 2. The number of aromatic nitrogens is 6. The third-order valence-corrected chi connectivity index (χ3v) is 5.20. The Morgan fingerprint density at radius 1 is 1.06 bits per heavy atom. The Bertz CT molecular complexity index is 1410. The molecule has 8 nitrogen and oxygen atoms in total. The van der Waals surface area contributed by atoms with Crippen molar-refractivity contribution in [2.45, 2.75) is 26.8 Å². The quantitative estimate of drug-likeness (QED) is 0.476. The van der Waals surface area contributed by atoms with Gasteiger partial charge in [0.05, 0.1) is 40.4 Å². The Kier molecular flexibility index (Phi) is 4.47. The molecule has 0 aliphatic heterocycles. The lowest BCUT2D eigenvalue weighted by atomic mass is 10.1. The van der Waals surface area contributed by atoms with Crippen LogP contribution in [0, 0.1) is 6.92 Å². The lowest BCUT2D eigenvalue weighted by Crippen LogP contribution is -2.15. The van der Waals surface area contributed by atoms with Gasteiger partial charge in [0.1, 0.15) is 12.1 Å². The van der Waals surface area contributed by atoms with Gasteiger partial charge in [0.25, 0.3) is 5.91 Å². The van der Waals surface area contributed by atoms with E-state index in [0.29, 0.717) is 16.9 Å². The first kappa shape index (κ1) is 18.9. The molecule has 1 aromatic carbocycles. The van der Waals surface area contributed by atoms with Crippen molar-refractivity contribution in [3.05, 3.63) is 72.4 Å². The topological polar surface area (TPSA) is 90.5 Å². The van der Waals surface area contributed by atoms with Crippen molar-refractivity contribution in [3.8, 4) is 5.82 Å². The van der Waals surface area contributed by atoms with Crippen LogP contribution in [0.4, 0.5) is 5.69 Å². The van der Waals surface area contributed by atoms with E-state index in [1.54, 1.807) is 18.7 Å². The second-order valence-corrected chi connectivity index (χ2v) is 7.68. The second kappa shape index (κ2) is 7.32. The number of hydrogen-bond acceptors (Lipinski definition) is 5. The average Bonchev–Trinajstić information content (AvgIpc) is 3.37. The summed E-state index contributed by atoms with van der Waals surface area (Å²) in [6, 6.07) is 13.6. The zero-order valence-electron chi connectivity index (χ0n) is 17.4. The third kappa shape index (κ3) is 3.31. The maximum absolute atomic E-state index is 12.9. The van der Waals surface area contributed by atoms with E-state index in [1.165, 1.54) is 0 Å². The number of imidazole rings is 1. The van der Waals surface area contributed by atoms with Crippen LogP contribution in [0.3, 0.4) is 0 Å². The molecule has 0 spiro atoms. The smallest absolute Gasteiger partial charge is 0.257 e. The number of nitrogens with one attached hydrogen (secondary N) is 1. The van der Waals surface area contributed by atoms with Crippen LogP contribution in [-0.4, -0.2) is 35.2 Å². The van der Waals surface area contributed by atoms with Gasteiger partial charge < -0.3 is 5.32 Å². The van der Waals surface area contributed by atoms with E-state index < -0.39 is 0 Å². The number of aryl methyl sites for hydroxylation is 1. The molecule has 1 amide bonds. The number of fused-ring (bicyclic) bond motifs is 2. The summed E-state index contributed by atoms with van der Waals surface area (Å²) in [5.74, 6) is 0.499. The number of carbonyl (C=O) groups excluding carboxylic acids is 1. The fraction of sp³-hybridized carbons (Fsp3) is 0.174. The number of nitrogens with zero attached hydrogens (tertiary/aromatic N) is 6. The van der Waals surface area contributed by atoms with E-state index in [9.17, 15) is 4.79 Å². The number of rotatable bonds is 4. The van der Waals surface area contributed by atoms with Crippen LogP contribution >= 0.6 is 0 Å². The molecule has 0 atom stereocenters. The van der Waals surface area contributed by atoms with E-state index in [-0.39, 0.29) is 11.9 Å². The van der Waals surface area contributed by atoms with Gasteiger partial charge in [-0.25, -0.2) is 19.6 Å². The molecule has 0 bridgehead atoms. The van der Waals surface area contributed by atoms with Crippen molar-refractivity contribution in [3.63, 3.8) is 0 Å². The molecule has 8 heteroatoms. The fourth-order valence-electron chi connectivity index (χ4n) is 3.62. The molecule has 0 aliphatic rings. The lowest BCUT2D eigenvalue weighted by molar-refractivity contribution is 0.102. The van der Waals surface area contributed by atoms with Gasteiger partial charge in [-0.2, -0.15) is 5.10 Å². The summed E-state index contributed by atoms with van der Waals surface area (Å²) in [4.78, 5) is 26.4. The van der Waals surface area contributed by atoms with Crippen molar-refractivity contribution < 1.29 is 4.79 Å². The molecule has 0 saturated carbocycles. The van der Waals surface area contributed by atoms with Crippen LogP contribution in [0.2, 0.25) is 0 Å². The molecular formula is C23H21N7O. The highest BCUT2D eigenvalue weighted by Gasteiger charge is 2.16. The summed E-state index contributed by atoms with van der Waals surface area (Å²) in [5.41, 5.74) is 4.44. The summed E-state index contributed by atoms with van der Waals surface area (Å²) in [7, 11) is 0. The van der Waals surface area contributed by atoms with Crippen molar-refractivity contribution in [2.75, 3.05) is 5.32 Å². The Balaban J connectivity index is 1.40. The number of benzene rings is 1. The SMILES string of the molecule is Cc1nc2c(cnn2C(C)C)cc1C(=O)Nc1ccc(-n2cnc3ccccc32)nc1. The fourth-order valence-corrected chi connectivity index (χ4v) is 3.62. The molecule has 0 unspecified atom stereocenters. The predicted octanol–water partition coefficient (Wildman–Crippen LogP) is 4.31. The lowest BCUT2D eigenvalue weighted by Gasteiger charge is -2.10. The first-order valence-corrected chi connectivity index (χ1v) is 10.1. The highest BCUT2D eigenvalue weighted by molar-refractivity contribution is 6.06. The summed E-state index contributed by atoms with van der Waals surface area (Å²) >= 11 is 0. The van der Waals surface area contributed by atoms with Gasteiger partial charge in [-0.1, -0.05) is 12.1 Å².